The van der Waals surface area contributed by atoms with Gasteiger partial charge in [0.05, 0.1) is 5.56 Å². The number of nitrogens with one attached hydrogen (secondary N) is 1. The molecule has 1 aliphatic rings. The van der Waals surface area contributed by atoms with E-state index in [0.717, 1.165) is 5.56 Å². The summed E-state index contributed by atoms with van der Waals surface area (Å²) in [4.78, 5) is 16.0. The second kappa shape index (κ2) is 4.97. The zero-order valence-corrected chi connectivity index (χ0v) is 10.1. The first-order valence-electron chi connectivity index (χ1n) is 5.90. The molecule has 1 N–H and O–H groups in total. The van der Waals surface area contributed by atoms with Crippen LogP contribution in [0.3, 0.4) is 0 Å². The maximum atomic E-state index is 12.1. The van der Waals surface area contributed by atoms with Gasteiger partial charge in [-0.15, -0.1) is 0 Å². The Labute approximate surface area is 110 Å². The molecule has 0 atom stereocenters. The minimum atomic E-state index is -0.181. The molecule has 0 aliphatic carbocycles. The molecule has 0 radical (unpaired) electrons. The smallest absolute Gasteiger partial charge is 0.255 e. The molecule has 1 aromatic heterocycles. The van der Waals surface area contributed by atoms with Crippen molar-refractivity contribution in [2.24, 2.45) is 0 Å². The molecule has 2 heterocycles. The van der Waals surface area contributed by atoms with E-state index in [9.17, 15) is 4.79 Å². The van der Waals surface area contributed by atoms with Crippen molar-refractivity contribution in [1.82, 2.24) is 10.3 Å². The van der Waals surface area contributed by atoms with E-state index in [0.29, 0.717) is 23.6 Å². The monoisotopic (exact) mass is 256 g/mol. The number of nitrogens with zero attached hydrogens (tertiary/aromatic N) is 1. The second-order valence-electron chi connectivity index (χ2n) is 4.08. The highest BCUT2D eigenvalue weighted by molar-refractivity contribution is 5.97. The van der Waals surface area contributed by atoms with Crippen LogP contribution in [0.5, 0.6) is 11.5 Å². The Morgan fingerprint density at radius 3 is 2.89 bits per heavy atom. The molecule has 1 amide bonds. The first-order chi connectivity index (χ1) is 9.34. The second-order valence-corrected chi connectivity index (χ2v) is 4.08. The largest absolute Gasteiger partial charge is 0.454 e. The van der Waals surface area contributed by atoms with E-state index in [2.05, 4.69) is 10.3 Å². The number of aromatic nitrogens is 1. The van der Waals surface area contributed by atoms with Crippen LogP contribution in [-0.2, 0) is 6.54 Å². The fourth-order valence-electron chi connectivity index (χ4n) is 1.89. The Morgan fingerprint density at radius 2 is 2.05 bits per heavy atom. The van der Waals surface area contributed by atoms with Gasteiger partial charge in [-0.2, -0.15) is 0 Å². The van der Waals surface area contributed by atoms with Gasteiger partial charge in [-0.05, 0) is 29.8 Å². The molecular weight excluding hydrogens is 244 g/mol. The Balaban J connectivity index is 1.73. The van der Waals surface area contributed by atoms with Crippen LogP contribution in [0.2, 0.25) is 0 Å². The van der Waals surface area contributed by atoms with Crippen molar-refractivity contribution in [2.45, 2.75) is 6.54 Å². The molecule has 5 heteroatoms. The zero-order valence-electron chi connectivity index (χ0n) is 10.1. The summed E-state index contributed by atoms with van der Waals surface area (Å²) in [6.45, 7) is 0.607. The lowest BCUT2D eigenvalue weighted by Gasteiger charge is -2.07. The molecule has 1 aliphatic heterocycles. The van der Waals surface area contributed by atoms with Crippen LogP contribution in [0.25, 0.3) is 0 Å². The predicted octanol–water partition coefficient (Wildman–Crippen LogP) is 1.74. The Morgan fingerprint density at radius 1 is 1.21 bits per heavy atom. The topological polar surface area (TPSA) is 60.5 Å². The molecule has 2 aromatic rings. The number of amides is 1. The van der Waals surface area contributed by atoms with Gasteiger partial charge in [-0.25, -0.2) is 0 Å². The Kier molecular flexibility index (Phi) is 3.02. The quantitative estimate of drug-likeness (QED) is 0.908. The van der Waals surface area contributed by atoms with Gasteiger partial charge < -0.3 is 14.8 Å². The number of carbonyl (C=O) groups excluding carboxylic acids is 1. The van der Waals surface area contributed by atoms with Crippen LogP contribution in [0.15, 0.2) is 42.7 Å². The lowest BCUT2D eigenvalue weighted by atomic mass is 10.1. The number of benzene rings is 1. The highest BCUT2D eigenvalue weighted by atomic mass is 16.7. The number of para-hydroxylation sites is 1. The van der Waals surface area contributed by atoms with E-state index in [-0.39, 0.29) is 12.7 Å². The number of hydrogen-bond donors (Lipinski definition) is 1. The molecule has 0 fully saturated rings. The molecule has 3 rings (SSSR count). The zero-order chi connectivity index (χ0) is 13.1. The highest BCUT2D eigenvalue weighted by Gasteiger charge is 2.21. The average molecular weight is 256 g/mol. The standard InChI is InChI=1S/C14H12N2O3/c17-14(16-8-10-4-6-15-7-5-10)11-2-1-3-12-13(11)19-9-18-12/h1-7H,8-9H2,(H,16,17). The van der Waals surface area contributed by atoms with Gasteiger partial charge in [0.2, 0.25) is 6.79 Å². The van der Waals surface area contributed by atoms with Crippen molar-refractivity contribution in [2.75, 3.05) is 6.79 Å². The summed E-state index contributed by atoms with van der Waals surface area (Å²) in [5.41, 5.74) is 1.48. The van der Waals surface area contributed by atoms with Crippen molar-refractivity contribution >= 4 is 5.91 Å². The third kappa shape index (κ3) is 2.35. The van der Waals surface area contributed by atoms with Crippen LogP contribution >= 0.6 is 0 Å². The molecule has 0 saturated carbocycles. The van der Waals surface area contributed by atoms with Gasteiger partial charge in [0.1, 0.15) is 0 Å². The summed E-state index contributed by atoms with van der Waals surface area (Å²) in [7, 11) is 0. The number of carbonyl (C=O) groups is 1. The van der Waals surface area contributed by atoms with Crippen LogP contribution in [-0.4, -0.2) is 17.7 Å². The van der Waals surface area contributed by atoms with Crippen LogP contribution in [0.1, 0.15) is 15.9 Å². The van der Waals surface area contributed by atoms with Gasteiger partial charge in [0.15, 0.2) is 11.5 Å². The van der Waals surface area contributed by atoms with Crippen LogP contribution in [0, 0.1) is 0 Å². The molecule has 19 heavy (non-hydrogen) atoms. The SMILES string of the molecule is O=C(NCc1ccncc1)c1cccc2c1OCO2. The maximum absolute atomic E-state index is 12.1. The number of hydrogen-bond acceptors (Lipinski definition) is 4. The summed E-state index contributed by atoms with van der Waals surface area (Å²) in [5.74, 6) is 0.936. The third-order valence-corrected chi connectivity index (χ3v) is 2.84. The molecule has 5 nitrogen and oxygen atoms in total. The lowest BCUT2D eigenvalue weighted by molar-refractivity contribution is 0.0946. The van der Waals surface area contributed by atoms with Crippen molar-refractivity contribution in [3.63, 3.8) is 0 Å². The third-order valence-electron chi connectivity index (χ3n) is 2.84. The van der Waals surface area contributed by atoms with E-state index in [1.165, 1.54) is 0 Å². The molecule has 0 unspecified atom stereocenters. The predicted molar refractivity (Wildman–Crippen MR) is 68.0 cm³/mol. The first kappa shape index (κ1) is 11.5. The van der Waals surface area contributed by atoms with E-state index in [1.54, 1.807) is 30.6 Å². The van der Waals surface area contributed by atoms with Gasteiger partial charge >= 0.3 is 0 Å². The summed E-state index contributed by atoms with van der Waals surface area (Å²) < 4.78 is 10.6. The minimum absolute atomic E-state index is 0.157. The van der Waals surface area contributed by atoms with Gasteiger partial charge in [-0.3, -0.25) is 9.78 Å². The van der Waals surface area contributed by atoms with E-state index >= 15 is 0 Å². The minimum Gasteiger partial charge on any atom is -0.454 e. The van der Waals surface area contributed by atoms with E-state index in [4.69, 9.17) is 9.47 Å². The average Bonchev–Trinajstić information content (AvgIpc) is 2.94. The number of pyridine rings is 1. The highest BCUT2D eigenvalue weighted by Crippen LogP contribution is 2.35. The van der Waals surface area contributed by atoms with Gasteiger partial charge in [0, 0.05) is 18.9 Å². The lowest BCUT2D eigenvalue weighted by Crippen LogP contribution is -2.23. The van der Waals surface area contributed by atoms with E-state index in [1.807, 2.05) is 12.1 Å². The van der Waals surface area contributed by atoms with Crippen molar-refractivity contribution < 1.29 is 14.3 Å². The summed E-state index contributed by atoms with van der Waals surface area (Å²) >= 11 is 0. The van der Waals surface area contributed by atoms with Crippen LogP contribution in [0.4, 0.5) is 0 Å². The number of ether oxygens (including phenoxy) is 2. The molecule has 1 aromatic carbocycles. The van der Waals surface area contributed by atoms with E-state index < -0.39 is 0 Å². The molecular formula is C14H12N2O3. The summed E-state index contributed by atoms with van der Waals surface area (Å²) in [6.07, 6.45) is 3.39. The Bertz CT molecular complexity index is 599. The van der Waals surface area contributed by atoms with Gasteiger partial charge in [0.25, 0.3) is 5.91 Å². The molecule has 96 valence electrons. The van der Waals surface area contributed by atoms with Crippen LogP contribution < -0.4 is 14.8 Å². The van der Waals surface area contributed by atoms with Crippen molar-refractivity contribution in [3.05, 3.63) is 53.9 Å². The molecule has 0 bridgehead atoms. The summed E-state index contributed by atoms with van der Waals surface area (Å²) in [6, 6.07) is 8.98. The van der Waals surface area contributed by atoms with Crippen molar-refractivity contribution in [1.29, 1.82) is 0 Å². The fraction of sp³-hybridized carbons (Fsp3) is 0.143. The summed E-state index contributed by atoms with van der Waals surface area (Å²) in [5, 5.41) is 2.84. The molecule has 0 saturated heterocycles. The van der Waals surface area contributed by atoms with Crippen molar-refractivity contribution in [3.8, 4) is 11.5 Å². The maximum Gasteiger partial charge on any atom is 0.255 e. The molecule has 0 spiro atoms. The number of rotatable bonds is 3. The normalized spacial score (nSPS) is 12.2. The Hall–Kier alpha value is -2.56. The number of fused-ring (bicyclic) bond motifs is 1. The first-order valence-corrected chi connectivity index (χ1v) is 5.90. The fourth-order valence-corrected chi connectivity index (χ4v) is 1.89. The van der Waals surface area contributed by atoms with Gasteiger partial charge in [-0.1, -0.05) is 6.07 Å².